The van der Waals surface area contributed by atoms with Gasteiger partial charge in [-0.15, -0.1) is 5.10 Å². The minimum absolute atomic E-state index is 0.252. The van der Waals surface area contributed by atoms with Gasteiger partial charge in [-0.05, 0) is 42.3 Å². The first-order valence-corrected chi connectivity index (χ1v) is 8.11. The molecule has 0 fully saturated rings. The van der Waals surface area contributed by atoms with E-state index in [2.05, 4.69) is 41.7 Å². The molecule has 3 rings (SSSR count). The minimum atomic E-state index is -0.252. The molecule has 2 N–H and O–H groups in total. The van der Waals surface area contributed by atoms with Crippen molar-refractivity contribution in [1.82, 2.24) is 15.2 Å². The largest absolute Gasteiger partial charge is 0.365 e. The highest BCUT2D eigenvalue weighted by Crippen LogP contribution is 2.22. The van der Waals surface area contributed by atoms with E-state index in [1.807, 2.05) is 25.1 Å². The van der Waals surface area contributed by atoms with Gasteiger partial charge in [0.2, 0.25) is 5.95 Å². The van der Waals surface area contributed by atoms with Gasteiger partial charge in [-0.1, -0.05) is 34.1 Å². The predicted octanol–water partition coefficient (Wildman–Crippen LogP) is 4.44. The average molecular weight is 388 g/mol. The van der Waals surface area contributed by atoms with Crippen LogP contribution in [-0.2, 0) is 6.54 Å². The van der Waals surface area contributed by atoms with Gasteiger partial charge in [-0.25, -0.2) is 4.39 Å². The van der Waals surface area contributed by atoms with Crippen LogP contribution in [-0.4, -0.2) is 15.2 Å². The number of hydrogen-bond acceptors (Lipinski definition) is 5. The summed E-state index contributed by atoms with van der Waals surface area (Å²) in [4.78, 5) is 4.37. The molecule has 0 aliphatic heterocycles. The summed E-state index contributed by atoms with van der Waals surface area (Å²) in [7, 11) is 0. The predicted molar refractivity (Wildman–Crippen MR) is 95.7 cm³/mol. The van der Waals surface area contributed by atoms with Gasteiger partial charge < -0.3 is 10.6 Å². The fourth-order valence-corrected chi connectivity index (χ4v) is 2.42. The van der Waals surface area contributed by atoms with Gasteiger partial charge in [0.15, 0.2) is 5.82 Å². The summed E-state index contributed by atoms with van der Waals surface area (Å²) < 4.78 is 13.9. The Kier molecular flexibility index (Phi) is 5.00. The summed E-state index contributed by atoms with van der Waals surface area (Å²) in [5.41, 5.74) is 2.96. The van der Waals surface area contributed by atoms with Crippen LogP contribution in [0.3, 0.4) is 0 Å². The second kappa shape index (κ2) is 7.35. The second-order valence-corrected chi connectivity index (χ2v) is 6.09. The van der Waals surface area contributed by atoms with Crippen LogP contribution < -0.4 is 10.6 Å². The van der Waals surface area contributed by atoms with Crippen molar-refractivity contribution in [2.45, 2.75) is 13.5 Å². The van der Waals surface area contributed by atoms with Gasteiger partial charge in [-0.3, -0.25) is 0 Å². The lowest BCUT2D eigenvalue weighted by molar-refractivity contribution is 0.627. The van der Waals surface area contributed by atoms with E-state index in [4.69, 9.17) is 0 Å². The van der Waals surface area contributed by atoms with Crippen LogP contribution in [0.4, 0.5) is 21.8 Å². The van der Waals surface area contributed by atoms with E-state index in [0.29, 0.717) is 18.3 Å². The van der Waals surface area contributed by atoms with Crippen molar-refractivity contribution >= 4 is 33.4 Å². The lowest BCUT2D eigenvalue weighted by atomic mass is 10.2. The normalized spacial score (nSPS) is 10.5. The topological polar surface area (TPSA) is 62.7 Å². The summed E-state index contributed by atoms with van der Waals surface area (Å²) in [5.74, 6) is 0.732. The van der Waals surface area contributed by atoms with Crippen molar-refractivity contribution in [1.29, 1.82) is 0 Å². The fourth-order valence-electron chi connectivity index (χ4n) is 2.04. The van der Waals surface area contributed by atoms with E-state index >= 15 is 0 Å². The molecular weight excluding hydrogens is 373 g/mol. The Morgan fingerprint density at radius 2 is 1.92 bits per heavy atom. The van der Waals surface area contributed by atoms with Crippen LogP contribution in [0, 0.1) is 12.7 Å². The first-order chi connectivity index (χ1) is 11.6. The molecule has 0 saturated heterocycles. The molecule has 0 atom stereocenters. The highest BCUT2D eigenvalue weighted by molar-refractivity contribution is 9.10. The Hall–Kier alpha value is -2.54. The number of aromatic nitrogens is 3. The fraction of sp³-hybridized carbons (Fsp3) is 0.118. The molecule has 0 unspecified atom stereocenters. The first kappa shape index (κ1) is 16.3. The first-order valence-electron chi connectivity index (χ1n) is 7.31. The van der Waals surface area contributed by atoms with Crippen molar-refractivity contribution in [3.8, 4) is 0 Å². The Bertz CT molecular complexity index is 839. The summed E-state index contributed by atoms with van der Waals surface area (Å²) in [5, 5.41) is 14.2. The molecule has 7 heteroatoms. The third-order valence-corrected chi connectivity index (χ3v) is 4.23. The van der Waals surface area contributed by atoms with Crippen LogP contribution in [0.25, 0.3) is 0 Å². The molecule has 24 heavy (non-hydrogen) atoms. The van der Waals surface area contributed by atoms with Crippen LogP contribution in [0.5, 0.6) is 0 Å². The lowest BCUT2D eigenvalue weighted by Gasteiger charge is -2.08. The Labute approximate surface area is 147 Å². The van der Waals surface area contributed by atoms with Crippen molar-refractivity contribution in [3.05, 3.63) is 70.1 Å². The van der Waals surface area contributed by atoms with E-state index in [1.54, 1.807) is 18.3 Å². The summed E-state index contributed by atoms with van der Waals surface area (Å²) in [6.07, 6.45) is 1.54. The van der Waals surface area contributed by atoms with Crippen LogP contribution in [0.2, 0.25) is 0 Å². The van der Waals surface area contributed by atoms with E-state index in [1.165, 1.54) is 12.1 Å². The molecule has 0 amide bonds. The lowest BCUT2D eigenvalue weighted by Crippen LogP contribution is -2.05. The molecule has 0 saturated carbocycles. The maximum Gasteiger partial charge on any atom is 0.249 e. The number of nitrogens with zero attached hydrogens (tertiary/aromatic N) is 3. The molecule has 2 aromatic carbocycles. The number of anilines is 3. The van der Waals surface area contributed by atoms with Crippen molar-refractivity contribution in [2.24, 2.45) is 0 Å². The van der Waals surface area contributed by atoms with Gasteiger partial charge in [-0.2, -0.15) is 10.1 Å². The molecule has 0 radical (unpaired) electrons. The maximum absolute atomic E-state index is 12.9. The standard InChI is InChI=1S/C17H15BrFN5/c1-11-2-7-14(8-15(11)18)22-17-23-16(10-21-24-17)20-9-12-3-5-13(19)6-4-12/h2-8,10H,9H2,1H3,(H2,20,22,23,24). The number of benzene rings is 2. The number of halogens is 2. The summed E-state index contributed by atoms with van der Waals surface area (Å²) in [6, 6.07) is 12.2. The number of nitrogens with one attached hydrogen (secondary N) is 2. The molecule has 122 valence electrons. The smallest absolute Gasteiger partial charge is 0.249 e. The van der Waals surface area contributed by atoms with Crippen molar-refractivity contribution in [2.75, 3.05) is 10.6 Å². The Morgan fingerprint density at radius 3 is 2.67 bits per heavy atom. The third kappa shape index (κ3) is 4.26. The van der Waals surface area contributed by atoms with Crippen molar-refractivity contribution < 1.29 is 4.39 Å². The average Bonchev–Trinajstić information content (AvgIpc) is 2.58. The van der Waals surface area contributed by atoms with Gasteiger partial charge in [0.25, 0.3) is 0 Å². The van der Waals surface area contributed by atoms with E-state index < -0.39 is 0 Å². The van der Waals surface area contributed by atoms with Gasteiger partial charge in [0.05, 0.1) is 6.20 Å². The molecule has 0 aliphatic rings. The number of aryl methyl sites for hydroxylation is 1. The summed E-state index contributed by atoms with van der Waals surface area (Å²) in [6.45, 7) is 2.54. The molecule has 0 bridgehead atoms. The highest BCUT2D eigenvalue weighted by Gasteiger charge is 2.03. The Balaban J connectivity index is 1.67. The zero-order valence-corrected chi connectivity index (χ0v) is 14.5. The number of rotatable bonds is 5. The minimum Gasteiger partial charge on any atom is -0.365 e. The molecular formula is C17H15BrFN5. The molecule has 0 aliphatic carbocycles. The third-order valence-electron chi connectivity index (χ3n) is 3.37. The molecule has 5 nitrogen and oxygen atoms in total. The van der Waals surface area contributed by atoms with Gasteiger partial charge >= 0.3 is 0 Å². The van der Waals surface area contributed by atoms with Crippen LogP contribution >= 0.6 is 15.9 Å². The highest BCUT2D eigenvalue weighted by atomic mass is 79.9. The van der Waals surface area contributed by atoms with E-state index in [0.717, 1.165) is 21.3 Å². The van der Waals surface area contributed by atoms with Gasteiger partial charge in [0.1, 0.15) is 5.82 Å². The SMILES string of the molecule is Cc1ccc(Nc2nncc(NCc3ccc(F)cc3)n2)cc1Br. The van der Waals surface area contributed by atoms with Crippen LogP contribution in [0.1, 0.15) is 11.1 Å². The quantitative estimate of drug-likeness (QED) is 0.677. The molecule has 0 spiro atoms. The molecule has 1 heterocycles. The molecule has 3 aromatic rings. The van der Waals surface area contributed by atoms with E-state index in [-0.39, 0.29) is 5.82 Å². The zero-order chi connectivity index (χ0) is 16.9. The van der Waals surface area contributed by atoms with Crippen molar-refractivity contribution in [3.63, 3.8) is 0 Å². The van der Waals surface area contributed by atoms with Gasteiger partial charge in [0, 0.05) is 16.7 Å². The summed E-state index contributed by atoms with van der Waals surface area (Å²) >= 11 is 3.49. The maximum atomic E-state index is 12.9. The zero-order valence-electron chi connectivity index (χ0n) is 12.9. The van der Waals surface area contributed by atoms with E-state index in [9.17, 15) is 4.39 Å². The number of hydrogen-bond donors (Lipinski definition) is 2. The van der Waals surface area contributed by atoms with Crippen LogP contribution in [0.15, 0.2) is 53.1 Å². The Morgan fingerprint density at radius 1 is 1.12 bits per heavy atom. The second-order valence-electron chi connectivity index (χ2n) is 5.23. The molecule has 1 aromatic heterocycles. The monoisotopic (exact) mass is 387 g/mol.